The highest BCUT2D eigenvalue weighted by Gasteiger charge is 2.06. The quantitative estimate of drug-likeness (QED) is 0.430. The monoisotopic (exact) mass is 376 g/mol. The molecule has 134 valence electrons. The van der Waals surface area contributed by atoms with Crippen LogP contribution in [0.4, 0.5) is 15.2 Å². The van der Waals surface area contributed by atoms with Crippen LogP contribution in [0.5, 0.6) is 5.75 Å². The molecular weight excluding hydrogens is 359 g/mol. The minimum atomic E-state index is -0.250. The van der Waals surface area contributed by atoms with E-state index in [1.165, 1.54) is 23.5 Å². The van der Waals surface area contributed by atoms with E-state index in [1.807, 2.05) is 60.0 Å². The maximum absolute atomic E-state index is 13.1. The fourth-order valence-corrected chi connectivity index (χ4v) is 3.35. The van der Waals surface area contributed by atoms with E-state index >= 15 is 0 Å². The highest BCUT2D eigenvalue weighted by atomic mass is 32.1. The largest absolute Gasteiger partial charge is 0.489 e. The molecule has 0 bridgehead atoms. The first kappa shape index (κ1) is 17.2. The number of hydrogen-bond acceptors (Lipinski definition) is 4. The predicted molar refractivity (Wildman–Crippen MR) is 108 cm³/mol. The van der Waals surface area contributed by atoms with Crippen LogP contribution in [0.1, 0.15) is 5.56 Å². The normalized spacial score (nSPS) is 10.6. The SMILES string of the molecule is Fc1ccc(-c2csc(Nc3cccc(OCc4ccccc4)c3)n2)cc1. The van der Waals surface area contributed by atoms with E-state index in [4.69, 9.17) is 4.74 Å². The Labute approximate surface area is 161 Å². The number of halogens is 1. The third kappa shape index (κ3) is 4.51. The van der Waals surface area contributed by atoms with Gasteiger partial charge in [0.15, 0.2) is 5.13 Å². The number of nitrogens with one attached hydrogen (secondary N) is 1. The molecule has 0 aliphatic heterocycles. The minimum absolute atomic E-state index is 0.250. The van der Waals surface area contributed by atoms with Crippen LogP contribution in [-0.4, -0.2) is 4.98 Å². The van der Waals surface area contributed by atoms with E-state index in [-0.39, 0.29) is 5.82 Å². The number of anilines is 2. The molecule has 27 heavy (non-hydrogen) atoms. The van der Waals surface area contributed by atoms with Crippen molar-refractivity contribution in [3.8, 4) is 17.0 Å². The summed E-state index contributed by atoms with van der Waals surface area (Å²) in [6.07, 6.45) is 0. The lowest BCUT2D eigenvalue weighted by Gasteiger charge is -2.08. The molecule has 0 aliphatic rings. The average Bonchev–Trinajstić information content (AvgIpc) is 3.16. The summed E-state index contributed by atoms with van der Waals surface area (Å²) >= 11 is 1.50. The molecular formula is C22H17FN2OS. The van der Waals surface area contributed by atoms with E-state index in [0.717, 1.165) is 33.4 Å². The van der Waals surface area contributed by atoms with Gasteiger partial charge in [-0.25, -0.2) is 9.37 Å². The predicted octanol–water partition coefficient (Wildman–Crippen LogP) is 6.27. The lowest BCUT2D eigenvalue weighted by atomic mass is 10.2. The van der Waals surface area contributed by atoms with E-state index in [2.05, 4.69) is 10.3 Å². The molecule has 0 radical (unpaired) electrons. The minimum Gasteiger partial charge on any atom is -0.489 e. The third-order valence-corrected chi connectivity index (χ3v) is 4.74. The second-order valence-corrected chi connectivity index (χ2v) is 6.83. The Morgan fingerprint density at radius 3 is 2.56 bits per heavy atom. The Morgan fingerprint density at radius 1 is 0.926 bits per heavy atom. The van der Waals surface area contributed by atoms with Crippen molar-refractivity contribution in [3.05, 3.63) is 95.6 Å². The van der Waals surface area contributed by atoms with E-state index < -0.39 is 0 Å². The van der Waals surface area contributed by atoms with Crippen molar-refractivity contribution in [1.29, 1.82) is 0 Å². The van der Waals surface area contributed by atoms with Crippen molar-refractivity contribution in [2.45, 2.75) is 6.61 Å². The molecule has 0 atom stereocenters. The lowest BCUT2D eigenvalue weighted by molar-refractivity contribution is 0.306. The maximum Gasteiger partial charge on any atom is 0.187 e. The van der Waals surface area contributed by atoms with Gasteiger partial charge in [-0.1, -0.05) is 36.4 Å². The van der Waals surface area contributed by atoms with Gasteiger partial charge in [0.1, 0.15) is 18.2 Å². The van der Waals surface area contributed by atoms with Gasteiger partial charge in [0.05, 0.1) is 5.69 Å². The van der Waals surface area contributed by atoms with Crippen LogP contribution >= 0.6 is 11.3 Å². The molecule has 0 spiro atoms. The second-order valence-electron chi connectivity index (χ2n) is 5.97. The topological polar surface area (TPSA) is 34.1 Å². The number of ether oxygens (including phenoxy) is 1. The van der Waals surface area contributed by atoms with Gasteiger partial charge >= 0.3 is 0 Å². The number of nitrogens with zero attached hydrogens (tertiary/aromatic N) is 1. The first-order valence-corrected chi connectivity index (χ1v) is 9.39. The highest BCUT2D eigenvalue weighted by Crippen LogP contribution is 2.28. The molecule has 5 heteroatoms. The molecule has 0 saturated heterocycles. The summed E-state index contributed by atoms with van der Waals surface area (Å²) < 4.78 is 18.9. The summed E-state index contributed by atoms with van der Waals surface area (Å²) in [4.78, 5) is 4.57. The number of aromatic nitrogens is 1. The van der Waals surface area contributed by atoms with Crippen molar-refractivity contribution in [2.24, 2.45) is 0 Å². The summed E-state index contributed by atoms with van der Waals surface area (Å²) in [7, 11) is 0. The first-order chi connectivity index (χ1) is 13.3. The maximum atomic E-state index is 13.1. The zero-order valence-electron chi connectivity index (χ0n) is 14.4. The molecule has 3 aromatic carbocycles. The molecule has 0 unspecified atom stereocenters. The van der Waals surface area contributed by atoms with Gasteiger partial charge in [0.25, 0.3) is 0 Å². The summed E-state index contributed by atoms with van der Waals surface area (Å²) in [5, 5.41) is 6.02. The van der Waals surface area contributed by atoms with Crippen LogP contribution in [0.25, 0.3) is 11.3 Å². The Bertz CT molecular complexity index is 1020. The standard InChI is InChI=1S/C22H17FN2OS/c23-18-11-9-17(10-12-18)21-15-27-22(25-21)24-19-7-4-8-20(13-19)26-14-16-5-2-1-3-6-16/h1-13,15H,14H2,(H,24,25). The lowest BCUT2D eigenvalue weighted by Crippen LogP contribution is -1.96. The van der Waals surface area contributed by atoms with Crippen molar-refractivity contribution < 1.29 is 9.13 Å². The molecule has 4 rings (SSSR count). The van der Waals surface area contributed by atoms with Gasteiger partial charge in [-0.05, 0) is 42.0 Å². The van der Waals surface area contributed by atoms with Crippen LogP contribution in [0.3, 0.4) is 0 Å². The molecule has 1 aromatic heterocycles. The fraction of sp³-hybridized carbons (Fsp3) is 0.0455. The molecule has 1 N–H and O–H groups in total. The number of rotatable bonds is 6. The van der Waals surface area contributed by atoms with Gasteiger partial charge in [0, 0.05) is 22.7 Å². The molecule has 3 nitrogen and oxygen atoms in total. The van der Waals surface area contributed by atoms with E-state index in [9.17, 15) is 4.39 Å². The van der Waals surface area contributed by atoms with Crippen LogP contribution in [0.15, 0.2) is 84.2 Å². The molecule has 0 amide bonds. The molecule has 4 aromatic rings. The Hall–Kier alpha value is -3.18. The molecule has 0 aliphatic carbocycles. The zero-order valence-corrected chi connectivity index (χ0v) is 15.2. The van der Waals surface area contributed by atoms with Crippen molar-refractivity contribution in [3.63, 3.8) is 0 Å². The molecule has 1 heterocycles. The first-order valence-electron chi connectivity index (χ1n) is 8.51. The van der Waals surface area contributed by atoms with Crippen molar-refractivity contribution in [1.82, 2.24) is 4.98 Å². The molecule has 0 saturated carbocycles. The van der Waals surface area contributed by atoms with Crippen molar-refractivity contribution in [2.75, 3.05) is 5.32 Å². The summed E-state index contributed by atoms with van der Waals surface area (Å²) in [6, 6.07) is 24.2. The van der Waals surface area contributed by atoms with Crippen LogP contribution in [0.2, 0.25) is 0 Å². The van der Waals surface area contributed by atoms with Crippen molar-refractivity contribution >= 4 is 22.2 Å². The summed E-state index contributed by atoms with van der Waals surface area (Å²) in [5.41, 5.74) is 3.74. The number of thiazole rings is 1. The Balaban J connectivity index is 1.43. The highest BCUT2D eigenvalue weighted by molar-refractivity contribution is 7.14. The summed E-state index contributed by atoms with van der Waals surface area (Å²) in [6.45, 7) is 0.524. The third-order valence-electron chi connectivity index (χ3n) is 3.98. The number of benzene rings is 3. The van der Waals surface area contributed by atoms with E-state index in [1.54, 1.807) is 12.1 Å². The Kier molecular flexibility index (Phi) is 5.12. The van der Waals surface area contributed by atoms with Gasteiger partial charge in [-0.15, -0.1) is 11.3 Å². The van der Waals surface area contributed by atoms with E-state index in [0.29, 0.717) is 6.61 Å². The van der Waals surface area contributed by atoms with Crippen LogP contribution in [0, 0.1) is 5.82 Å². The van der Waals surface area contributed by atoms with Gasteiger partial charge < -0.3 is 10.1 Å². The average molecular weight is 376 g/mol. The zero-order chi connectivity index (χ0) is 18.5. The smallest absolute Gasteiger partial charge is 0.187 e. The van der Waals surface area contributed by atoms with Crippen LogP contribution < -0.4 is 10.1 Å². The summed E-state index contributed by atoms with van der Waals surface area (Å²) in [5.74, 6) is 0.541. The second kappa shape index (κ2) is 8.01. The fourth-order valence-electron chi connectivity index (χ4n) is 2.61. The number of hydrogen-bond donors (Lipinski definition) is 1. The van der Waals surface area contributed by atoms with Gasteiger partial charge in [-0.3, -0.25) is 0 Å². The van der Waals surface area contributed by atoms with Gasteiger partial charge in [-0.2, -0.15) is 0 Å². The Morgan fingerprint density at radius 2 is 1.74 bits per heavy atom. The molecule has 0 fully saturated rings. The van der Waals surface area contributed by atoms with Gasteiger partial charge in [0.2, 0.25) is 0 Å². The van der Waals surface area contributed by atoms with Crippen LogP contribution in [-0.2, 0) is 6.61 Å².